The maximum Gasteiger partial charge on any atom is 0.263 e. The molecule has 8 heteroatoms. The standard InChI is InChI=1S/C30H39N3O5/c1-22-11-12-25(27(34)31(22)2)28(35)32-17-14-30(15-18-32)13-5-6-19-37-20-23-8-7-16-33(23)29(36)24-9-3-4-10-26(24)38-21-30/h3-4,9-12,23H,5-8,13-21H2,1-2H3/t23-/m0/s1. The van der Waals surface area contributed by atoms with E-state index in [1.807, 2.05) is 42.2 Å². The third-order valence-corrected chi connectivity index (χ3v) is 8.74. The van der Waals surface area contributed by atoms with Crippen LogP contribution in [0.3, 0.4) is 0 Å². The lowest BCUT2D eigenvalue weighted by molar-refractivity contribution is 0.0302. The summed E-state index contributed by atoms with van der Waals surface area (Å²) in [4.78, 5) is 43.2. The lowest BCUT2D eigenvalue weighted by Gasteiger charge is -2.42. The van der Waals surface area contributed by atoms with Crippen LogP contribution in [0.4, 0.5) is 0 Å². The van der Waals surface area contributed by atoms with E-state index in [9.17, 15) is 14.4 Å². The minimum Gasteiger partial charge on any atom is -0.492 e. The summed E-state index contributed by atoms with van der Waals surface area (Å²) in [5.74, 6) is 0.437. The molecule has 0 saturated carbocycles. The predicted molar refractivity (Wildman–Crippen MR) is 145 cm³/mol. The Morgan fingerprint density at radius 1 is 0.974 bits per heavy atom. The van der Waals surface area contributed by atoms with Gasteiger partial charge in [-0.05, 0) is 69.7 Å². The normalized spacial score (nSPS) is 22.4. The van der Waals surface area contributed by atoms with E-state index in [4.69, 9.17) is 9.47 Å². The largest absolute Gasteiger partial charge is 0.492 e. The minimum absolute atomic E-state index is 0.0119. The van der Waals surface area contributed by atoms with Crippen LogP contribution in [0.25, 0.3) is 0 Å². The van der Waals surface area contributed by atoms with E-state index in [1.165, 1.54) is 4.57 Å². The summed E-state index contributed by atoms with van der Waals surface area (Å²) < 4.78 is 14.0. The summed E-state index contributed by atoms with van der Waals surface area (Å²) in [7, 11) is 1.70. The number of rotatable bonds is 1. The van der Waals surface area contributed by atoms with Crippen LogP contribution in [0.1, 0.15) is 71.4 Å². The summed E-state index contributed by atoms with van der Waals surface area (Å²) in [5, 5.41) is 0. The second kappa shape index (κ2) is 11.3. The quantitative estimate of drug-likeness (QED) is 0.570. The SMILES string of the molecule is Cc1ccc(C(=O)N2CCC3(CCCCOC[C@@H]4CCCN4C(=O)c4ccccc4OC3)CC2)c(=O)n1C. The average Bonchev–Trinajstić information content (AvgIpc) is 3.41. The number of aryl methyl sites for hydroxylation is 1. The van der Waals surface area contributed by atoms with Crippen LogP contribution in [0, 0.1) is 12.3 Å². The van der Waals surface area contributed by atoms with Gasteiger partial charge in [0, 0.05) is 44.4 Å². The molecule has 0 bridgehead atoms. The molecule has 2 amide bonds. The maximum atomic E-state index is 13.5. The molecule has 0 unspecified atom stereocenters. The maximum absolute atomic E-state index is 13.5. The number of amides is 2. The molecule has 3 aliphatic rings. The number of carbonyl (C=O) groups excluding carboxylic acids is 2. The molecule has 0 aliphatic carbocycles. The topological polar surface area (TPSA) is 81.1 Å². The highest BCUT2D eigenvalue weighted by molar-refractivity contribution is 5.97. The van der Waals surface area contributed by atoms with E-state index in [-0.39, 0.29) is 34.4 Å². The average molecular weight is 522 g/mol. The number of hydrogen-bond donors (Lipinski definition) is 0. The van der Waals surface area contributed by atoms with E-state index in [1.54, 1.807) is 18.0 Å². The molecule has 8 nitrogen and oxygen atoms in total. The lowest BCUT2D eigenvalue weighted by Crippen LogP contribution is -2.47. The van der Waals surface area contributed by atoms with Crippen LogP contribution < -0.4 is 10.3 Å². The van der Waals surface area contributed by atoms with Crippen molar-refractivity contribution < 1.29 is 19.1 Å². The fourth-order valence-corrected chi connectivity index (χ4v) is 6.07. The molecule has 1 aromatic heterocycles. The van der Waals surface area contributed by atoms with Gasteiger partial charge in [0.05, 0.1) is 24.8 Å². The monoisotopic (exact) mass is 521 g/mol. The zero-order valence-electron chi connectivity index (χ0n) is 22.6. The first-order valence-corrected chi connectivity index (χ1v) is 13.9. The highest BCUT2D eigenvalue weighted by Gasteiger charge is 2.38. The summed E-state index contributed by atoms with van der Waals surface area (Å²) in [6.45, 7) is 5.52. The highest BCUT2D eigenvalue weighted by atomic mass is 16.5. The zero-order chi connectivity index (χ0) is 26.7. The van der Waals surface area contributed by atoms with Crippen LogP contribution in [0.2, 0.25) is 0 Å². The van der Waals surface area contributed by atoms with E-state index in [2.05, 4.69) is 0 Å². The summed E-state index contributed by atoms with van der Waals surface area (Å²) in [6.07, 6.45) is 6.49. The van der Waals surface area contributed by atoms with Crippen LogP contribution in [-0.4, -0.2) is 71.7 Å². The van der Waals surface area contributed by atoms with Gasteiger partial charge in [-0.25, -0.2) is 0 Å². The van der Waals surface area contributed by atoms with E-state index >= 15 is 0 Å². The first-order valence-electron chi connectivity index (χ1n) is 13.9. The van der Waals surface area contributed by atoms with Crippen molar-refractivity contribution in [3.63, 3.8) is 0 Å². The Hall–Kier alpha value is -3.13. The number of carbonyl (C=O) groups is 2. The fraction of sp³-hybridized carbons (Fsp3) is 0.567. The highest BCUT2D eigenvalue weighted by Crippen LogP contribution is 2.38. The molecule has 5 rings (SSSR count). The fourth-order valence-electron chi connectivity index (χ4n) is 6.07. The number of aromatic nitrogens is 1. The number of pyridine rings is 1. The third kappa shape index (κ3) is 5.37. The number of fused-ring (bicyclic) bond motifs is 2. The number of ether oxygens (including phenoxy) is 2. The molecule has 3 aliphatic heterocycles. The van der Waals surface area contributed by atoms with E-state index < -0.39 is 0 Å². The number of benzene rings is 1. The Morgan fingerprint density at radius 3 is 2.58 bits per heavy atom. The molecular formula is C30H39N3O5. The van der Waals surface area contributed by atoms with Crippen molar-refractivity contribution in [2.24, 2.45) is 12.5 Å². The van der Waals surface area contributed by atoms with Crippen LogP contribution in [-0.2, 0) is 11.8 Å². The minimum atomic E-state index is -0.252. The van der Waals surface area contributed by atoms with Crippen molar-refractivity contribution in [1.29, 1.82) is 0 Å². The first kappa shape index (κ1) is 26.5. The van der Waals surface area contributed by atoms with Gasteiger partial charge in [0.1, 0.15) is 11.3 Å². The van der Waals surface area contributed by atoms with Crippen molar-refractivity contribution >= 4 is 11.8 Å². The molecule has 4 heterocycles. The van der Waals surface area contributed by atoms with Gasteiger partial charge in [-0.1, -0.05) is 18.6 Å². The van der Waals surface area contributed by atoms with Gasteiger partial charge in [-0.15, -0.1) is 0 Å². The Balaban J connectivity index is 1.33. The predicted octanol–water partition coefficient (Wildman–Crippen LogP) is 3.80. The van der Waals surface area contributed by atoms with Gasteiger partial charge < -0.3 is 23.8 Å². The smallest absolute Gasteiger partial charge is 0.263 e. The Morgan fingerprint density at radius 2 is 1.76 bits per heavy atom. The van der Waals surface area contributed by atoms with Crippen LogP contribution >= 0.6 is 0 Å². The number of para-hydroxylation sites is 1. The number of piperidine rings is 1. The molecule has 1 spiro atoms. The Kier molecular flexibility index (Phi) is 7.88. The van der Waals surface area contributed by atoms with Gasteiger partial charge in [0.25, 0.3) is 17.4 Å². The molecule has 204 valence electrons. The van der Waals surface area contributed by atoms with Crippen LogP contribution in [0.15, 0.2) is 41.2 Å². The third-order valence-electron chi connectivity index (χ3n) is 8.74. The number of likely N-dealkylation sites (tertiary alicyclic amines) is 1. The van der Waals surface area contributed by atoms with E-state index in [0.717, 1.165) is 57.2 Å². The Bertz CT molecular complexity index is 1230. The van der Waals surface area contributed by atoms with Crippen molar-refractivity contribution in [2.75, 3.05) is 39.5 Å². The number of nitrogens with zero attached hydrogens (tertiary/aromatic N) is 3. The van der Waals surface area contributed by atoms with Gasteiger partial charge in [-0.2, -0.15) is 0 Å². The summed E-state index contributed by atoms with van der Waals surface area (Å²) in [6, 6.07) is 11.1. The molecule has 0 radical (unpaired) electrons. The molecule has 2 saturated heterocycles. The molecule has 2 aromatic rings. The molecule has 0 N–H and O–H groups in total. The van der Waals surface area contributed by atoms with Crippen molar-refractivity contribution in [1.82, 2.24) is 14.4 Å². The van der Waals surface area contributed by atoms with Gasteiger partial charge in [0.2, 0.25) is 0 Å². The van der Waals surface area contributed by atoms with Crippen molar-refractivity contribution in [2.45, 2.75) is 57.9 Å². The molecule has 1 atom stereocenters. The van der Waals surface area contributed by atoms with Gasteiger partial charge in [-0.3, -0.25) is 14.4 Å². The van der Waals surface area contributed by atoms with Gasteiger partial charge >= 0.3 is 0 Å². The second-order valence-electron chi connectivity index (χ2n) is 11.2. The molecule has 1 aromatic carbocycles. The van der Waals surface area contributed by atoms with Gasteiger partial charge in [0.15, 0.2) is 0 Å². The zero-order valence-corrected chi connectivity index (χ0v) is 22.6. The summed E-state index contributed by atoms with van der Waals surface area (Å²) >= 11 is 0. The van der Waals surface area contributed by atoms with Crippen molar-refractivity contribution in [3.05, 3.63) is 63.6 Å². The lowest BCUT2D eigenvalue weighted by atomic mass is 9.75. The molecular weight excluding hydrogens is 482 g/mol. The van der Waals surface area contributed by atoms with Crippen molar-refractivity contribution in [3.8, 4) is 5.75 Å². The molecule has 38 heavy (non-hydrogen) atoms. The molecule has 2 fully saturated rings. The first-order chi connectivity index (χ1) is 18.4. The second-order valence-corrected chi connectivity index (χ2v) is 11.2. The van der Waals surface area contributed by atoms with E-state index in [0.29, 0.717) is 44.2 Å². The number of hydrogen-bond acceptors (Lipinski definition) is 5. The van der Waals surface area contributed by atoms with Crippen LogP contribution in [0.5, 0.6) is 5.75 Å². The summed E-state index contributed by atoms with van der Waals surface area (Å²) in [5.41, 5.74) is 1.29. The Labute approximate surface area is 224 Å².